The van der Waals surface area contributed by atoms with E-state index in [2.05, 4.69) is 10.0 Å². The second-order valence-corrected chi connectivity index (χ2v) is 9.09. The second kappa shape index (κ2) is 9.36. The van der Waals surface area contributed by atoms with E-state index in [1.165, 1.54) is 24.3 Å². The molecule has 162 valence electrons. The number of benzene rings is 3. The fourth-order valence-electron chi connectivity index (χ4n) is 2.86. The van der Waals surface area contributed by atoms with Crippen LogP contribution in [-0.2, 0) is 16.6 Å². The number of rotatable bonds is 7. The number of carbonyl (C=O) groups excluding carboxylic acids is 1. The maximum absolute atomic E-state index is 14.3. The third kappa shape index (κ3) is 5.74. The average molecular weight is 445 g/mol. The lowest BCUT2D eigenvalue weighted by molar-refractivity contribution is 0.102. The van der Waals surface area contributed by atoms with Gasteiger partial charge in [0, 0.05) is 12.2 Å². The molecule has 0 aliphatic heterocycles. The highest BCUT2D eigenvalue weighted by atomic mass is 32.2. The van der Waals surface area contributed by atoms with Crippen LogP contribution in [0.5, 0.6) is 0 Å². The van der Waals surface area contributed by atoms with Crippen LogP contribution in [-0.4, -0.2) is 14.3 Å². The van der Waals surface area contributed by atoms with Crippen molar-refractivity contribution < 1.29 is 22.0 Å². The molecule has 0 spiro atoms. The number of amides is 1. The van der Waals surface area contributed by atoms with Crippen LogP contribution in [0.1, 0.15) is 41.3 Å². The molecule has 0 aliphatic rings. The zero-order valence-corrected chi connectivity index (χ0v) is 17.8. The minimum atomic E-state index is -4.02. The van der Waals surface area contributed by atoms with Crippen LogP contribution in [0, 0.1) is 11.6 Å². The molecule has 0 saturated heterocycles. The van der Waals surface area contributed by atoms with Crippen molar-refractivity contribution >= 4 is 21.6 Å². The van der Waals surface area contributed by atoms with Gasteiger partial charge in [-0.3, -0.25) is 4.79 Å². The molecular formula is C23H22F2N2O3S. The van der Waals surface area contributed by atoms with Crippen LogP contribution in [0.3, 0.4) is 0 Å². The smallest absolute Gasteiger partial charge is 0.258 e. The predicted octanol–water partition coefficient (Wildman–Crippen LogP) is 4.82. The molecule has 3 aromatic rings. The average Bonchev–Trinajstić information content (AvgIpc) is 2.74. The van der Waals surface area contributed by atoms with Crippen LogP contribution < -0.4 is 10.0 Å². The van der Waals surface area contributed by atoms with Gasteiger partial charge >= 0.3 is 0 Å². The Bertz CT molecular complexity index is 1180. The van der Waals surface area contributed by atoms with Crippen molar-refractivity contribution in [2.24, 2.45) is 0 Å². The van der Waals surface area contributed by atoms with Crippen LogP contribution >= 0.6 is 0 Å². The molecule has 0 unspecified atom stereocenters. The summed E-state index contributed by atoms with van der Waals surface area (Å²) in [7, 11) is -4.02. The van der Waals surface area contributed by atoms with Crippen molar-refractivity contribution in [1.29, 1.82) is 0 Å². The van der Waals surface area contributed by atoms with E-state index in [0.717, 1.165) is 23.8 Å². The molecule has 0 saturated carbocycles. The highest BCUT2D eigenvalue weighted by molar-refractivity contribution is 7.89. The van der Waals surface area contributed by atoms with Gasteiger partial charge in [0.05, 0.1) is 10.5 Å². The molecule has 31 heavy (non-hydrogen) atoms. The lowest BCUT2D eigenvalue weighted by Crippen LogP contribution is -2.24. The lowest BCUT2D eigenvalue weighted by atomic mass is 10.0. The van der Waals surface area contributed by atoms with Gasteiger partial charge in [0.2, 0.25) is 10.0 Å². The molecule has 0 aliphatic carbocycles. The van der Waals surface area contributed by atoms with Gasteiger partial charge in [-0.05, 0) is 59.5 Å². The molecule has 2 N–H and O–H groups in total. The fourth-order valence-corrected chi connectivity index (χ4v) is 3.90. The largest absolute Gasteiger partial charge is 0.322 e. The topological polar surface area (TPSA) is 75.3 Å². The van der Waals surface area contributed by atoms with Gasteiger partial charge in [-0.25, -0.2) is 21.9 Å². The Kier molecular flexibility index (Phi) is 6.82. The van der Waals surface area contributed by atoms with Crippen LogP contribution in [0.15, 0.2) is 71.6 Å². The van der Waals surface area contributed by atoms with E-state index in [-0.39, 0.29) is 11.4 Å². The Hall–Kier alpha value is -3.10. The van der Waals surface area contributed by atoms with Crippen LogP contribution in [0.4, 0.5) is 14.5 Å². The first-order valence-electron chi connectivity index (χ1n) is 9.60. The van der Waals surface area contributed by atoms with Crippen molar-refractivity contribution in [3.63, 3.8) is 0 Å². The SMILES string of the molecule is CC(C)c1ccc(NC(=O)c2cc(S(=O)(=O)NCc3ccc(F)cc3)ccc2F)cc1. The second-order valence-electron chi connectivity index (χ2n) is 7.32. The first-order valence-corrected chi connectivity index (χ1v) is 11.1. The summed E-state index contributed by atoms with van der Waals surface area (Å²) in [6.45, 7) is 4.00. The number of carbonyl (C=O) groups is 1. The van der Waals surface area contributed by atoms with Gasteiger partial charge in [0.25, 0.3) is 5.91 Å². The molecule has 3 aromatic carbocycles. The number of hydrogen-bond acceptors (Lipinski definition) is 3. The summed E-state index contributed by atoms with van der Waals surface area (Å²) >= 11 is 0. The molecule has 3 rings (SSSR count). The normalized spacial score (nSPS) is 11.5. The van der Waals surface area contributed by atoms with Crippen LogP contribution in [0.25, 0.3) is 0 Å². The Morgan fingerprint density at radius 2 is 1.58 bits per heavy atom. The van der Waals surface area contributed by atoms with E-state index in [1.54, 1.807) is 12.1 Å². The Morgan fingerprint density at radius 1 is 0.935 bits per heavy atom. The minimum Gasteiger partial charge on any atom is -0.322 e. The van der Waals surface area contributed by atoms with Crippen molar-refractivity contribution in [1.82, 2.24) is 4.72 Å². The summed E-state index contributed by atoms with van der Waals surface area (Å²) in [5.41, 5.74) is 1.72. The van der Waals surface area contributed by atoms with E-state index >= 15 is 0 Å². The summed E-state index contributed by atoms with van der Waals surface area (Å²) in [6.07, 6.45) is 0. The van der Waals surface area contributed by atoms with E-state index in [4.69, 9.17) is 0 Å². The quantitative estimate of drug-likeness (QED) is 0.549. The lowest BCUT2D eigenvalue weighted by Gasteiger charge is -2.11. The summed E-state index contributed by atoms with van der Waals surface area (Å²) in [6, 6.07) is 15.5. The van der Waals surface area contributed by atoms with Gasteiger partial charge < -0.3 is 5.32 Å². The highest BCUT2D eigenvalue weighted by Gasteiger charge is 2.19. The molecule has 0 bridgehead atoms. The minimum absolute atomic E-state index is 0.0796. The maximum Gasteiger partial charge on any atom is 0.258 e. The summed E-state index contributed by atoms with van der Waals surface area (Å²) in [4.78, 5) is 12.3. The number of nitrogens with one attached hydrogen (secondary N) is 2. The first kappa shape index (κ1) is 22.6. The number of anilines is 1. The number of hydrogen-bond donors (Lipinski definition) is 2. The third-order valence-electron chi connectivity index (χ3n) is 4.71. The molecule has 0 heterocycles. The van der Waals surface area contributed by atoms with Gasteiger partial charge in [0.15, 0.2) is 0 Å². The molecule has 0 radical (unpaired) electrons. The molecule has 0 aromatic heterocycles. The molecule has 1 amide bonds. The molecule has 5 nitrogen and oxygen atoms in total. The maximum atomic E-state index is 14.3. The Morgan fingerprint density at radius 3 is 2.19 bits per heavy atom. The van der Waals surface area contributed by atoms with Gasteiger partial charge in [-0.1, -0.05) is 38.1 Å². The first-order chi connectivity index (χ1) is 14.7. The zero-order chi connectivity index (χ0) is 22.6. The van der Waals surface area contributed by atoms with Gasteiger partial charge in [-0.2, -0.15) is 0 Å². The van der Waals surface area contributed by atoms with Crippen molar-refractivity contribution in [2.75, 3.05) is 5.32 Å². The number of halogens is 2. The monoisotopic (exact) mass is 444 g/mol. The Balaban J connectivity index is 1.76. The Labute approximate surface area is 180 Å². The third-order valence-corrected chi connectivity index (χ3v) is 6.11. The number of sulfonamides is 1. The van der Waals surface area contributed by atoms with E-state index in [1.807, 2.05) is 26.0 Å². The summed E-state index contributed by atoms with van der Waals surface area (Å²) in [5.74, 6) is -1.70. The van der Waals surface area contributed by atoms with Gasteiger partial charge in [0.1, 0.15) is 11.6 Å². The van der Waals surface area contributed by atoms with Crippen LogP contribution in [0.2, 0.25) is 0 Å². The zero-order valence-electron chi connectivity index (χ0n) is 17.0. The fraction of sp³-hybridized carbons (Fsp3) is 0.174. The highest BCUT2D eigenvalue weighted by Crippen LogP contribution is 2.20. The van der Waals surface area contributed by atoms with E-state index in [0.29, 0.717) is 17.2 Å². The molecule has 8 heteroatoms. The van der Waals surface area contributed by atoms with E-state index in [9.17, 15) is 22.0 Å². The van der Waals surface area contributed by atoms with Crippen molar-refractivity contribution in [3.8, 4) is 0 Å². The summed E-state index contributed by atoms with van der Waals surface area (Å²) in [5, 5.41) is 2.58. The predicted molar refractivity (Wildman–Crippen MR) is 115 cm³/mol. The van der Waals surface area contributed by atoms with Crippen molar-refractivity contribution in [2.45, 2.75) is 31.2 Å². The molecule has 0 fully saturated rings. The van der Waals surface area contributed by atoms with E-state index < -0.39 is 33.1 Å². The summed E-state index contributed by atoms with van der Waals surface area (Å²) < 4.78 is 54.8. The standard InChI is InChI=1S/C23H22F2N2O3S/c1-15(2)17-5-9-19(10-6-17)27-23(28)21-13-20(11-12-22(21)25)31(29,30)26-14-16-3-7-18(24)8-4-16/h3-13,15,26H,14H2,1-2H3,(H,27,28). The molecule has 0 atom stereocenters. The van der Waals surface area contributed by atoms with Gasteiger partial charge in [-0.15, -0.1) is 0 Å². The molecular weight excluding hydrogens is 422 g/mol. The van der Waals surface area contributed by atoms with Crippen molar-refractivity contribution in [3.05, 3.63) is 95.1 Å².